The maximum Gasteiger partial charge on any atom is 0.0794 e. The second-order valence-corrected chi connectivity index (χ2v) is 6.25. The molecule has 2 aromatic heterocycles. The van der Waals surface area contributed by atoms with E-state index in [1.165, 1.54) is 21.7 Å². The van der Waals surface area contributed by atoms with Gasteiger partial charge in [0.1, 0.15) is 0 Å². The van der Waals surface area contributed by atoms with Gasteiger partial charge < -0.3 is 0 Å². The van der Waals surface area contributed by atoms with Gasteiger partial charge in [-0.25, -0.2) is 0 Å². The topological polar surface area (TPSA) is 38.1 Å². The Morgan fingerprint density at radius 1 is 1.09 bits per heavy atom. The lowest BCUT2D eigenvalue weighted by molar-refractivity contribution is 1.08. The molecule has 0 fully saturated rings. The number of aliphatic imine (C=N–C) groups is 1. The average Bonchev–Trinajstić information content (AvgIpc) is 3.13. The molecule has 0 saturated carbocycles. The first-order valence-electron chi connectivity index (χ1n) is 7.48. The summed E-state index contributed by atoms with van der Waals surface area (Å²) in [6.45, 7) is 10.3. The fourth-order valence-corrected chi connectivity index (χ4v) is 1.97. The fourth-order valence-electron chi connectivity index (χ4n) is 1.56. The molecule has 1 aliphatic heterocycles. The van der Waals surface area contributed by atoms with E-state index in [1.807, 2.05) is 51.0 Å². The summed E-state index contributed by atoms with van der Waals surface area (Å²) >= 11 is 1.67. The lowest BCUT2D eigenvalue weighted by Crippen LogP contribution is -1.83. The van der Waals surface area contributed by atoms with Gasteiger partial charge in [-0.1, -0.05) is 20.4 Å². The zero-order chi connectivity index (χ0) is 16.4. The van der Waals surface area contributed by atoms with Crippen LogP contribution in [0.5, 0.6) is 0 Å². The Morgan fingerprint density at radius 2 is 1.83 bits per heavy atom. The van der Waals surface area contributed by atoms with Gasteiger partial charge in [-0.2, -0.15) is 0 Å². The number of nitrogens with zero attached hydrogens (tertiary/aromatic N) is 3. The normalized spacial score (nSPS) is 11.9. The molecule has 0 saturated heterocycles. The molecule has 0 aromatic carbocycles. The molecule has 0 amide bonds. The van der Waals surface area contributed by atoms with Crippen LogP contribution in [0.25, 0.3) is 0 Å². The summed E-state index contributed by atoms with van der Waals surface area (Å²) in [6, 6.07) is 4.15. The Kier molecular flexibility index (Phi) is 10.8. The number of hydrogen-bond donors (Lipinski definition) is 0. The highest BCUT2D eigenvalue weighted by Crippen LogP contribution is 2.12. The van der Waals surface area contributed by atoms with Crippen LogP contribution >= 0.6 is 11.3 Å². The Balaban J connectivity index is 0.000000315. The van der Waals surface area contributed by atoms with Gasteiger partial charge in [0.15, 0.2) is 0 Å². The molecular weight excluding hydrogens is 302 g/mol. The minimum Gasteiger partial charge on any atom is -0.266 e. The summed E-state index contributed by atoms with van der Waals surface area (Å²) in [4.78, 5) is 13.3. The van der Waals surface area contributed by atoms with Crippen molar-refractivity contribution in [2.24, 2.45) is 4.99 Å². The second-order valence-electron chi connectivity index (χ2n) is 5.16. The van der Waals surface area contributed by atoms with E-state index < -0.39 is 0 Å². The van der Waals surface area contributed by atoms with E-state index >= 15 is 0 Å². The number of aryl methyl sites for hydroxylation is 3. The maximum absolute atomic E-state index is 4.15. The Labute approximate surface area is 145 Å². The number of aromatic nitrogens is 2. The first-order chi connectivity index (χ1) is 10.5. The lowest BCUT2D eigenvalue weighted by atomic mass is 10.2. The minimum atomic E-state index is 0. The van der Waals surface area contributed by atoms with Crippen molar-refractivity contribution in [2.45, 2.75) is 54.9 Å². The third-order valence-corrected chi connectivity index (χ3v) is 3.94. The van der Waals surface area contributed by atoms with Crippen molar-refractivity contribution >= 4 is 17.6 Å². The van der Waals surface area contributed by atoms with Gasteiger partial charge in [-0.05, 0) is 51.3 Å². The zero-order valence-corrected chi connectivity index (χ0v) is 14.9. The molecule has 3 rings (SSSR count). The van der Waals surface area contributed by atoms with Gasteiger partial charge in [0.2, 0.25) is 0 Å². The predicted octanol–water partition coefficient (Wildman–Crippen LogP) is 5.79. The SMILES string of the molecule is C.CC1=C(C)N=CC1.CCc1ccc(C)nc1.Cc1cncs1. The van der Waals surface area contributed by atoms with Crippen molar-refractivity contribution in [3.63, 3.8) is 0 Å². The molecule has 126 valence electrons. The Morgan fingerprint density at radius 3 is 2.09 bits per heavy atom. The number of hydrogen-bond acceptors (Lipinski definition) is 4. The van der Waals surface area contributed by atoms with Crippen molar-refractivity contribution in [3.05, 3.63) is 57.4 Å². The van der Waals surface area contributed by atoms with Crippen molar-refractivity contribution < 1.29 is 0 Å². The Hall–Kier alpha value is -1.81. The van der Waals surface area contributed by atoms with Gasteiger partial charge in [0, 0.05) is 41.3 Å². The summed E-state index contributed by atoms with van der Waals surface area (Å²) in [5.41, 5.74) is 6.82. The van der Waals surface area contributed by atoms with Gasteiger partial charge in [0.05, 0.1) is 5.51 Å². The van der Waals surface area contributed by atoms with Gasteiger partial charge in [-0.3, -0.25) is 15.0 Å². The summed E-state index contributed by atoms with van der Waals surface area (Å²) in [6.07, 6.45) is 7.86. The fraction of sp³-hybridized carbons (Fsp3) is 0.421. The van der Waals surface area contributed by atoms with Crippen LogP contribution in [-0.4, -0.2) is 16.2 Å². The monoisotopic (exact) mass is 331 g/mol. The Bertz CT molecular complexity index is 596. The molecule has 23 heavy (non-hydrogen) atoms. The summed E-state index contributed by atoms with van der Waals surface area (Å²) in [5, 5.41) is 0. The van der Waals surface area contributed by atoms with E-state index in [2.05, 4.69) is 34.9 Å². The summed E-state index contributed by atoms with van der Waals surface area (Å²) < 4.78 is 0. The lowest BCUT2D eigenvalue weighted by Gasteiger charge is -1.93. The molecule has 2 aromatic rings. The molecule has 0 atom stereocenters. The number of thiazole rings is 1. The summed E-state index contributed by atoms with van der Waals surface area (Å²) in [5.74, 6) is 0. The van der Waals surface area contributed by atoms with Crippen LogP contribution in [0.3, 0.4) is 0 Å². The number of rotatable bonds is 1. The third kappa shape index (κ3) is 9.04. The van der Waals surface area contributed by atoms with Gasteiger partial charge in [-0.15, -0.1) is 11.3 Å². The first-order valence-corrected chi connectivity index (χ1v) is 8.36. The third-order valence-electron chi connectivity index (χ3n) is 3.24. The van der Waals surface area contributed by atoms with E-state index in [4.69, 9.17) is 0 Å². The summed E-state index contributed by atoms with van der Waals surface area (Å²) in [7, 11) is 0. The molecule has 0 bridgehead atoms. The van der Waals surface area contributed by atoms with E-state index in [9.17, 15) is 0 Å². The maximum atomic E-state index is 4.15. The smallest absolute Gasteiger partial charge is 0.0794 e. The van der Waals surface area contributed by atoms with Crippen molar-refractivity contribution in [1.29, 1.82) is 0 Å². The van der Waals surface area contributed by atoms with Crippen LogP contribution in [-0.2, 0) is 6.42 Å². The van der Waals surface area contributed by atoms with E-state index in [-0.39, 0.29) is 7.43 Å². The zero-order valence-electron chi connectivity index (χ0n) is 14.1. The van der Waals surface area contributed by atoms with Crippen LogP contribution in [0.1, 0.15) is 50.8 Å². The minimum absolute atomic E-state index is 0. The second kappa shape index (κ2) is 11.7. The molecule has 3 nitrogen and oxygen atoms in total. The van der Waals surface area contributed by atoms with Gasteiger partial charge >= 0.3 is 0 Å². The first kappa shape index (κ1) is 21.2. The molecule has 4 heteroatoms. The van der Waals surface area contributed by atoms with Crippen molar-refractivity contribution in [3.8, 4) is 0 Å². The van der Waals surface area contributed by atoms with Crippen LogP contribution in [0.15, 0.2) is 46.3 Å². The predicted molar refractivity (Wildman–Crippen MR) is 103 cm³/mol. The van der Waals surface area contributed by atoms with Crippen molar-refractivity contribution in [1.82, 2.24) is 9.97 Å². The highest BCUT2D eigenvalue weighted by Gasteiger charge is 1.97. The molecule has 0 spiro atoms. The van der Waals surface area contributed by atoms with E-state index in [1.54, 1.807) is 11.3 Å². The molecule has 0 unspecified atom stereocenters. The van der Waals surface area contributed by atoms with Gasteiger partial charge in [0.25, 0.3) is 0 Å². The largest absolute Gasteiger partial charge is 0.266 e. The molecule has 0 radical (unpaired) electrons. The number of allylic oxidation sites excluding steroid dienone is 2. The van der Waals surface area contributed by atoms with Crippen LogP contribution < -0.4 is 0 Å². The van der Waals surface area contributed by atoms with Crippen molar-refractivity contribution in [2.75, 3.05) is 0 Å². The quantitative estimate of drug-likeness (QED) is 0.663. The van der Waals surface area contributed by atoms with Crippen LogP contribution in [0.4, 0.5) is 0 Å². The van der Waals surface area contributed by atoms with E-state index in [0.717, 1.165) is 18.5 Å². The standard InChI is InChI=1S/C8H11N.C6H9N.C4H5NS.CH4/c1-3-8-5-4-7(2)9-6-8;1-5-3-4-7-6(5)2;1-4-2-5-3-6-4;/h4-6H,3H2,1-2H3;4H,3H2,1-2H3;2-3H,1H3;1H4. The molecule has 3 heterocycles. The molecule has 0 N–H and O–H groups in total. The molecule has 1 aliphatic rings. The molecular formula is C19H29N3S. The van der Waals surface area contributed by atoms with E-state index in [0.29, 0.717) is 0 Å². The van der Waals surface area contributed by atoms with Crippen LogP contribution in [0.2, 0.25) is 0 Å². The highest BCUT2D eigenvalue weighted by molar-refractivity contribution is 7.09. The van der Waals surface area contributed by atoms with Crippen LogP contribution in [0, 0.1) is 13.8 Å². The highest BCUT2D eigenvalue weighted by atomic mass is 32.1. The number of pyridine rings is 1. The average molecular weight is 332 g/mol. The molecule has 0 aliphatic carbocycles.